The Morgan fingerprint density at radius 3 is 0.423 bits per heavy atom. The molecular formula is C66H48O12. The normalized spacial score (nSPS) is 11.0. The second-order valence-electron chi connectivity index (χ2n) is 18.2. The highest BCUT2D eigenvalue weighted by molar-refractivity contribution is 6.29. The number of rotatable bonds is 12. The molecule has 0 spiro atoms. The molecular weight excluding hydrogens is 985 g/mol. The van der Waals surface area contributed by atoms with E-state index in [0.717, 1.165) is 99.1 Å². The van der Waals surface area contributed by atoms with E-state index in [1.54, 1.807) is 72.8 Å². The van der Waals surface area contributed by atoms with Crippen molar-refractivity contribution in [2.24, 2.45) is 0 Å². The SMILES string of the molecule is COC(=O)c1ccc(-c2cc3c4cc(-c5ccc(C(=O)OC)cc5)c(-c5ccc(C(=O)OC)cc5)cc4c4cc(-c5ccc(C(=O)OC)cc5)c(-c5ccc(C(=O)OC)cc5)cc4c3cc2-c2ccc(C(=O)OC)cc2)cc1. The first-order valence-electron chi connectivity index (χ1n) is 24.5. The Balaban J connectivity index is 1.37. The van der Waals surface area contributed by atoms with Gasteiger partial charge in [-0.3, -0.25) is 0 Å². The Labute approximate surface area is 448 Å². The van der Waals surface area contributed by atoms with Gasteiger partial charge in [-0.05, 0) is 208 Å². The third kappa shape index (κ3) is 9.58. The molecule has 0 aliphatic rings. The summed E-state index contributed by atoms with van der Waals surface area (Å²) in [4.78, 5) is 76.4. The van der Waals surface area contributed by atoms with E-state index in [2.05, 4.69) is 36.4 Å². The van der Waals surface area contributed by atoms with Gasteiger partial charge in [-0.2, -0.15) is 0 Å². The molecule has 0 aliphatic carbocycles. The number of hydrogen-bond acceptors (Lipinski definition) is 12. The zero-order chi connectivity index (χ0) is 54.8. The molecule has 0 amide bonds. The summed E-state index contributed by atoms with van der Waals surface area (Å²) in [5.41, 5.74) is 11.9. The summed E-state index contributed by atoms with van der Waals surface area (Å²) in [5.74, 6) is -2.87. The first kappa shape index (κ1) is 51.3. The van der Waals surface area contributed by atoms with Crippen LogP contribution in [-0.2, 0) is 28.4 Å². The van der Waals surface area contributed by atoms with Crippen LogP contribution in [0.3, 0.4) is 0 Å². The predicted molar refractivity (Wildman–Crippen MR) is 300 cm³/mol. The van der Waals surface area contributed by atoms with Crippen molar-refractivity contribution in [1.29, 1.82) is 0 Å². The van der Waals surface area contributed by atoms with Crippen molar-refractivity contribution >= 4 is 68.1 Å². The maximum Gasteiger partial charge on any atom is 0.337 e. The number of ether oxygens (including phenoxy) is 6. The highest BCUT2D eigenvalue weighted by Gasteiger charge is 2.23. The topological polar surface area (TPSA) is 158 Å². The lowest BCUT2D eigenvalue weighted by Crippen LogP contribution is -2.01. The van der Waals surface area contributed by atoms with E-state index < -0.39 is 35.8 Å². The number of hydrogen-bond donors (Lipinski definition) is 0. The van der Waals surface area contributed by atoms with E-state index in [9.17, 15) is 28.8 Å². The second-order valence-corrected chi connectivity index (χ2v) is 18.2. The molecule has 0 aromatic heterocycles. The van der Waals surface area contributed by atoms with Gasteiger partial charge in [0.25, 0.3) is 0 Å². The van der Waals surface area contributed by atoms with E-state index in [1.165, 1.54) is 42.7 Å². The lowest BCUT2D eigenvalue weighted by atomic mass is 9.82. The minimum atomic E-state index is -0.478. The molecule has 0 radical (unpaired) electrons. The number of methoxy groups -OCH3 is 6. The van der Waals surface area contributed by atoms with Crippen LogP contribution < -0.4 is 0 Å². The summed E-state index contributed by atoms with van der Waals surface area (Å²) in [6.45, 7) is 0. The van der Waals surface area contributed by atoms with Crippen LogP contribution in [0, 0.1) is 0 Å². The highest BCUT2D eigenvalue weighted by atomic mass is 16.5. The summed E-state index contributed by atoms with van der Waals surface area (Å²) in [6, 6.07) is 56.0. The van der Waals surface area contributed by atoms with Crippen LogP contribution in [0.25, 0.3) is 99.1 Å². The van der Waals surface area contributed by atoms with Crippen LogP contribution in [0.15, 0.2) is 182 Å². The van der Waals surface area contributed by atoms with Gasteiger partial charge < -0.3 is 28.4 Å². The summed E-state index contributed by atoms with van der Waals surface area (Å²) in [7, 11) is 8.01. The van der Waals surface area contributed by atoms with Gasteiger partial charge in [0.15, 0.2) is 0 Å². The molecule has 0 fully saturated rings. The lowest BCUT2D eigenvalue weighted by molar-refractivity contribution is 0.0592. The Bertz CT molecular complexity index is 3320. The third-order valence-corrected chi connectivity index (χ3v) is 14.0. The summed E-state index contributed by atoms with van der Waals surface area (Å²) in [5, 5.41) is 5.18. The molecule has 0 heterocycles. The van der Waals surface area contributed by atoms with Crippen LogP contribution in [0.2, 0.25) is 0 Å². The predicted octanol–water partition coefficient (Wildman–Crippen LogP) is 13.9. The van der Waals surface area contributed by atoms with Gasteiger partial charge in [0.2, 0.25) is 0 Å². The van der Waals surface area contributed by atoms with E-state index in [1.807, 2.05) is 72.8 Å². The molecule has 0 saturated heterocycles. The average molecular weight is 1030 g/mol. The third-order valence-electron chi connectivity index (χ3n) is 14.0. The fourth-order valence-electron chi connectivity index (χ4n) is 9.99. The zero-order valence-electron chi connectivity index (χ0n) is 43.2. The molecule has 10 aromatic rings. The van der Waals surface area contributed by atoms with Crippen molar-refractivity contribution < 1.29 is 57.2 Å². The van der Waals surface area contributed by atoms with Gasteiger partial charge in [-0.1, -0.05) is 72.8 Å². The van der Waals surface area contributed by atoms with E-state index in [0.29, 0.717) is 33.4 Å². The summed E-state index contributed by atoms with van der Waals surface area (Å²) >= 11 is 0. The molecule has 384 valence electrons. The minimum Gasteiger partial charge on any atom is -0.465 e. The van der Waals surface area contributed by atoms with E-state index >= 15 is 0 Å². The van der Waals surface area contributed by atoms with Gasteiger partial charge in [-0.15, -0.1) is 0 Å². The van der Waals surface area contributed by atoms with Gasteiger partial charge in [0.1, 0.15) is 0 Å². The molecule has 0 bridgehead atoms. The van der Waals surface area contributed by atoms with Crippen molar-refractivity contribution in [2.45, 2.75) is 0 Å². The molecule has 10 aromatic carbocycles. The van der Waals surface area contributed by atoms with Crippen LogP contribution in [-0.4, -0.2) is 78.5 Å². The van der Waals surface area contributed by atoms with Crippen molar-refractivity contribution in [2.75, 3.05) is 42.7 Å². The van der Waals surface area contributed by atoms with Gasteiger partial charge in [0.05, 0.1) is 76.0 Å². The van der Waals surface area contributed by atoms with Crippen molar-refractivity contribution in [3.63, 3.8) is 0 Å². The molecule has 12 nitrogen and oxygen atoms in total. The van der Waals surface area contributed by atoms with Crippen molar-refractivity contribution in [3.05, 3.63) is 215 Å². The molecule has 0 N–H and O–H groups in total. The number of esters is 6. The van der Waals surface area contributed by atoms with Crippen LogP contribution >= 0.6 is 0 Å². The molecule has 10 rings (SSSR count). The number of benzene rings is 10. The molecule has 0 aliphatic heterocycles. The van der Waals surface area contributed by atoms with Crippen LogP contribution in [0.1, 0.15) is 62.1 Å². The maximum absolute atomic E-state index is 12.7. The minimum absolute atomic E-state index is 0.375. The summed E-state index contributed by atoms with van der Waals surface area (Å²) in [6.07, 6.45) is 0. The van der Waals surface area contributed by atoms with E-state index in [-0.39, 0.29) is 0 Å². The quantitative estimate of drug-likeness (QED) is 0.0649. The lowest BCUT2D eigenvalue weighted by Gasteiger charge is -2.21. The number of fused-ring (bicyclic) bond motifs is 6. The smallest absolute Gasteiger partial charge is 0.337 e. The van der Waals surface area contributed by atoms with Crippen LogP contribution in [0.5, 0.6) is 0 Å². The van der Waals surface area contributed by atoms with Gasteiger partial charge >= 0.3 is 35.8 Å². The molecule has 0 atom stereocenters. The van der Waals surface area contributed by atoms with Crippen molar-refractivity contribution in [3.8, 4) is 66.8 Å². The van der Waals surface area contributed by atoms with E-state index in [4.69, 9.17) is 28.4 Å². The average Bonchev–Trinajstić information content (AvgIpc) is 3.70. The van der Waals surface area contributed by atoms with Gasteiger partial charge in [0, 0.05) is 0 Å². The monoisotopic (exact) mass is 1030 g/mol. The maximum atomic E-state index is 12.7. The number of carbonyl (C=O) groups excluding carboxylic acids is 6. The number of carbonyl (C=O) groups is 6. The van der Waals surface area contributed by atoms with Crippen molar-refractivity contribution in [1.82, 2.24) is 0 Å². The Morgan fingerprint density at radius 2 is 0.321 bits per heavy atom. The fraction of sp³-hybridized carbons (Fsp3) is 0.0909. The largest absolute Gasteiger partial charge is 0.465 e. The Kier molecular flexibility index (Phi) is 14.2. The standard InChI is InChI=1S/C66H48O12/c1-73-61(67)43-19-7-37(8-20-43)49-31-55-56(32-50(49)38-9-21-44(22-10-38)62(68)74-2)58-34-52(40-13-25-46(26-14-40)64(70)76-4)54(42-17-29-48(30-18-42)66(72)78-6)36-60(58)59-35-53(41-15-27-47(28-16-41)65(71)77-5)51(33-57(55)59)39-11-23-45(24-12-39)63(69)75-3/h7-36H,1-6H3. The van der Waals surface area contributed by atoms with Gasteiger partial charge in [-0.25, -0.2) is 28.8 Å². The fourth-order valence-corrected chi connectivity index (χ4v) is 9.99. The highest BCUT2D eigenvalue weighted by Crippen LogP contribution is 2.48. The second kappa shape index (κ2) is 21.6. The summed E-state index contributed by atoms with van der Waals surface area (Å²) < 4.78 is 30.3. The first-order chi connectivity index (χ1) is 37.9. The molecule has 0 saturated carbocycles. The molecule has 78 heavy (non-hydrogen) atoms. The zero-order valence-corrected chi connectivity index (χ0v) is 43.2. The molecule has 12 heteroatoms. The van der Waals surface area contributed by atoms with Crippen LogP contribution in [0.4, 0.5) is 0 Å². The Hall–Kier alpha value is -10.2. The molecule has 0 unspecified atom stereocenters. The Morgan fingerprint density at radius 1 is 0.205 bits per heavy atom. The first-order valence-corrected chi connectivity index (χ1v) is 24.5.